The van der Waals surface area contributed by atoms with Crippen LogP contribution in [0.15, 0.2) is 10.2 Å². The molecule has 3 aromatic heterocycles. The number of aromatic nitrogens is 2. The van der Waals surface area contributed by atoms with Crippen LogP contribution in [0, 0.1) is 24.5 Å². The van der Waals surface area contributed by atoms with Gasteiger partial charge in [-0.25, -0.2) is 0 Å². The number of aryl methyl sites for hydroxylation is 2. The van der Waals surface area contributed by atoms with Crippen molar-refractivity contribution in [3.8, 4) is 0 Å². The van der Waals surface area contributed by atoms with Gasteiger partial charge in [0.25, 0.3) is 11.5 Å². The summed E-state index contributed by atoms with van der Waals surface area (Å²) >= 11 is 8.47. The Morgan fingerprint density at radius 2 is 2.19 bits per heavy atom. The van der Waals surface area contributed by atoms with Gasteiger partial charge in [-0.15, -0.1) is 22.7 Å². The third-order valence-corrected chi connectivity index (χ3v) is 7.56. The van der Waals surface area contributed by atoms with E-state index in [9.17, 15) is 9.59 Å². The predicted octanol–water partition coefficient (Wildman–Crippen LogP) is 4.31. The van der Waals surface area contributed by atoms with Crippen molar-refractivity contribution in [2.45, 2.75) is 40.0 Å². The van der Waals surface area contributed by atoms with Gasteiger partial charge < -0.3 is 4.98 Å². The lowest BCUT2D eigenvalue weighted by Crippen LogP contribution is -2.34. The quantitative estimate of drug-likeness (QED) is 0.625. The summed E-state index contributed by atoms with van der Waals surface area (Å²) in [6, 6.07) is 0. The van der Waals surface area contributed by atoms with E-state index in [1.54, 1.807) is 11.3 Å². The maximum atomic E-state index is 13.1. The highest BCUT2D eigenvalue weighted by molar-refractivity contribution is 7.71. The van der Waals surface area contributed by atoms with Crippen molar-refractivity contribution in [2.75, 3.05) is 5.43 Å². The molecule has 0 aromatic carbocycles. The molecule has 1 aliphatic carbocycles. The molecule has 0 saturated carbocycles. The second-order valence-corrected chi connectivity index (χ2v) is 9.47. The third kappa shape index (κ3) is 2.76. The van der Waals surface area contributed by atoms with Gasteiger partial charge in [0.15, 0.2) is 0 Å². The van der Waals surface area contributed by atoms with Gasteiger partial charge >= 0.3 is 0 Å². The number of nitrogens with one attached hydrogen (secondary N) is 2. The maximum Gasteiger partial charge on any atom is 0.282 e. The molecule has 2 N–H and O–H groups in total. The van der Waals surface area contributed by atoms with Gasteiger partial charge in [0.2, 0.25) is 4.77 Å². The molecule has 0 aliphatic heterocycles. The zero-order chi connectivity index (χ0) is 18.6. The summed E-state index contributed by atoms with van der Waals surface area (Å²) < 4.78 is 1.39. The molecule has 0 saturated heterocycles. The fraction of sp³-hybridized carbons (Fsp3) is 0.389. The SMILES string of the molecule is Cc1scc(C(=O)Nn2c(=S)[nH]c3sc4c(c3c2=O)CCC(C)C4)c1C. The standard InChI is InChI=1S/C18H19N3O2S3/c1-8-4-5-11-13(6-8)26-16-14(11)17(23)21(18(24)19-16)20-15(22)12-7-25-10(3)9(12)2/h7-8H,4-6H2,1-3H3,(H,19,24)(H,20,22). The van der Waals surface area contributed by atoms with Crippen LogP contribution in [0.2, 0.25) is 0 Å². The van der Waals surface area contributed by atoms with E-state index in [2.05, 4.69) is 17.3 Å². The molecule has 26 heavy (non-hydrogen) atoms. The summed E-state index contributed by atoms with van der Waals surface area (Å²) in [5.74, 6) is 0.316. The van der Waals surface area contributed by atoms with Crippen LogP contribution in [0.1, 0.15) is 44.6 Å². The van der Waals surface area contributed by atoms with Gasteiger partial charge in [-0.1, -0.05) is 6.92 Å². The summed E-state index contributed by atoms with van der Waals surface area (Å²) in [6.45, 7) is 6.11. The molecule has 0 spiro atoms. The minimum Gasteiger partial charge on any atom is -0.322 e. The average Bonchev–Trinajstić information content (AvgIpc) is 3.11. The van der Waals surface area contributed by atoms with E-state index in [1.807, 2.05) is 19.2 Å². The summed E-state index contributed by atoms with van der Waals surface area (Å²) in [4.78, 5) is 32.0. The average molecular weight is 406 g/mol. The van der Waals surface area contributed by atoms with Crippen molar-refractivity contribution in [3.05, 3.63) is 46.9 Å². The molecule has 0 radical (unpaired) electrons. The van der Waals surface area contributed by atoms with Gasteiger partial charge in [0.1, 0.15) is 4.83 Å². The van der Waals surface area contributed by atoms with Crippen molar-refractivity contribution < 1.29 is 4.79 Å². The number of hydrogen-bond donors (Lipinski definition) is 2. The molecule has 0 fully saturated rings. The number of aromatic amines is 1. The molecule has 8 heteroatoms. The number of nitrogens with zero attached hydrogens (tertiary/aromatic N) is 1. The van der Waals surface area contributed by atoms with Crippen molar-refractivity contribution in [3.63, 3.8) is 0 Å². The van der Waals surface area contributed by atoms with E-state index in [0.29, 0.717) is 16.9 Å². The summed E-state index contributed by atoms with van der Waals surface area (Å²) in [7, 11) is 0. The van der Waals surface area contributed by atoms with E-state index < -0.39 is 0 Å². The molecule has 1 aliphatic rings. The molecule has 1 amide bonds. The lowest BCUT2D eigenvalue weighted by molar-refractivity contribution is 0.101. The Bertz CT molecular complexity index is 1150. The maximum absolute atomic E-state index is 13.1. The highest BCUT2D eigenvalue weighted by atomic mass is 32.1. The molecule has 4 rings (SSSR count). The Morgan fingerprint density at radius 3 is 2.88 bits per heavy atom. The first-order valence-electron chi connectivity index (χ1n) is 8.52. The zero-order valence-electron chi connectivity index (χ0n) is 14.8. The second kappa shape index (κ2) is 6.44. The number of thiophene rings is 2. The molecule has 3 aromatic rings. The normalized spacial score (nSPS) is 16.7. The van der Waals surface area contributed by atoms with Crippen LogP contribution >= 0.6 is 34.9 Å². The van der Waals surface area contributed by atoms with Crippen LogP contribution in [0.3, 0.4) is 0 Å². The Balaban J connectivity index is 1.81. The number of hydrogen-bond acceptors (Lipinski definition) is 5. The fourth-order valence-corrected chi connectivity index (χ4v) is 5.99. The van der Waals surface area contributed by atoms with Gasteiger partial charge in [-0.05, 0) is 62.4 Å². The van der Waals surface area contributed by atoms with Crippen LogP contribution in [0.4, 0.5) is 0 Å². The highest BCUT2D eigenvalue weighted by Gasteiger charge is 2.24. The number of carbonyl (C=O) groups is 1. The number of carbonyl (C=O) groups excluding carboxylic acids is 1. The first-order chi connectivity index (χ1) is 12.4. The molecule has 1 unspecified atom stereocenters. The molecule has 136 valence electrons. The smallest absolute Gasteiger partial charge is 0.282 e. The fourth-order valence-electron chi connectivity index (χ4n) is 3.42. The van der Waals surface area contributed by atoms with E-state index in [0.717, 1.165) is 40.1 Å². The van der Waals surface area contributed by atoms with Gasteiger partial charge in [-0.3, -0.25) is 15.0 Å². The highest BCUT2D eigenvalue weighted by Crippen LogP contribution is 2.35. The van der Waals surface area contributed by atoms with E-state index >= 15 is 0 Å². The van der Waals surface area contributed by atoms with Crippen LogP contribution in [-0.4, -0.2) is 15.6 Å². The lowest BCUT2D eigenvalue weighted by Gasteiger charge is -2.17. The van der Waals surface area contributed by atoms with E-state index in [-0.39, 0.29) is 16.2 Å². The number of fused-ring (bicyclic) bond motifs is 3. The minimum absolute atomic E-state index is 0.215. The number of amides is 1. The first kappa shape index (κ1) is 17.6. The molecule has 3 heterocycles. The largest absolute Gasteiger partial charge is 0.322 e. The monoisotopic (exact) mass is 405 g/mol. The van der Waals surface area contributed by atoms with Crippen molar-refractivity contribution in [2.24, 2.45) is 5.92 Å². The van der Waals surface area contributed by atoms with E-state index in [1.165, 1.54) is 20.9 Å². The van der Waals surface area contributed by atoms with Crippen LogP contribution in [-0.2, 0) is 12.8 Å². The summed E-state index contributed by atoms with van der Waals surface area (Å²) in [6.07, 6.45) is 2.97. The zero-order valence-corrected chi connectivity index (χ0v) is 17.2. The molecular weight excluding hydrogens is 386 g/mol. The van der Waals surface area contributed by atoms with Crippen LogP contribution < -0.4 is 11.0 Å². The van der Waals surface area contributed by atoms with Crippen molar-refractivity contribution >= 4 is 51.0 Å². The Labute approximate surface area is 163 Å². The second-order valence-electron chi connectivity index (χ2n) is 6.90. The van der Waals surface area contributed by atoms with Crippen LogP contribution in [0.5, 0.6) is 0 Å². The lowest BCUT2D eigenvalue weighted by atomic mass is 9.89. The molecule has 1 atom stereocenters. The predicted molar refractivity (Wildman–Crippen MR) is 110 cm³/mol. The Morgan fingerprint density at radius 1 is 1.42 bits per heavy atom. The van der Waals surface area contributed by atoms with Gasteiger partial charge in [0, 0.05) is 15.1 Å². The number of rotatable bonds is 2. The first-order valence-corrected chi connectivity index (χ1v) is 10.6. The topological polar surface area (TPSA) is 66.9 Å². The molecular formula is C18H19N3O2S3. The van der Waals surface area contributed by atoms with E-state index in [4.69, 9.17) is 12.2 Å². The Kier molecular flexibility index (Phi) is 4.37. The summed E-state index contributed by atoms with van der Waals surface area (Å²) in [5.41, 5.74) is 5.07. The number of H-pyrrole nitrogens is 1. The summed E-state index contributed by atoms with van der Waals surface area (Å²) in [5, 5.41) is 2.48. The minimum atomic E-state index is -0.314. The molecule has 5 nitrogen and oxygen atoms in total. The van der Waals surface area contributed by atoms with Gasteiger partial charge in [-0.2, -0.15) is 4.68 Å². The molecule has 0 bridgehead atoms. The third-order valence-electron chi connectivity index (χ3n) is 5.10. The van der Waals surface area contributed by atoms with Gasteiger partial charge in [0.05, 0.1) is 10.9 Å². The van der Waals surface area contributed by atoms with Crippen molar-refractivity contribution in [1.82, 2.24) is 9.66 Å². The van der Waals surface area contributed by atoms with Crippen LogP contribution in [0.25, 0.3) is 10.2 Å². The Hall–Kier alpha value is -1.77. The van der Waals surface area contributed by atoms with Crippen molar-refractivity contribution in [1.29, 1.82) is 0 Å².